The van der Waals surface area contributed by atoms with E-state index in [1.807, 2.05) is 26.0 Å². The number of thioether (sulfide) groups is 1. The van der Waals surface area contributed by atoms with Gasteiger partial charge in [0.2, 0.25) is 5.89 Å². The molecule has 7 heteroatoms. The zero-order chi connectivity index (χ0) is 15.5. The summed E-state index contributed by atoms with van der Waals surface area (Å²) >= 11 is 1.54. The van der Waals surface area contributed by atoms with Crippen molar-refractivity contribution in [3.05, 3.63) is 47.4 Å². The second kappa shape index (κ2) is 6.31. The van der Waals surface area contributed by atoms with Gasteiger partial charge >= 0.3 is 0 Å². The van der Waals surface area contributed by atoms with E-state index in [0.717, 1.165) is 28.9 Å². The maximum absolute atomic E-state index is 5.21. The van der Waals surface area contributed by atoms with Gasteiger partial charge in [-0.2, -0.15) is 4.98 Å². The minimum Gasteiger partial charge on any atom is -0.338 e. The maximum atomic E-state index is 5.21. The highest BCUT2D eigenvalue weighted by atomic mass is 32.2. The van der Waals surface area contributed by atoms with Crippen molar-refractivity contribution in [3.8, 4) is 5.69 Å². The summed E-state index contributed by atoms with van der Waals surface area (Å²) in [7, 11) is 0. The van der Waals surface area contributed by atoms with Crippen LogP contribution in [0, 0.1) is 13.8 Å². The molecule has 2 aromatic heterocycles. The van der Waals surface area contributed by atoms with E-state index < -0.39 is 0 Å². The van der Waals surface area contributed by atoms with E-state index in [9.17, 15) is 0 Å². The summed E-state index contributed by atoms with van der Waals surface area (Å²) < 4.78 is 7.27. The first-order valence-electron chi connectivity index (χ1n) is 7.11. The molecule has 3 rings (SSSR count). The Kier molecular flexibility index (Phi) is 4.24. The number of para-hydroxylation sites is 1. The molecule has 0 N–H and O–H groups in total. The smallest absolute Gasteiger partial charge is 0.237 e. The van der Waals surface area contributed by atoms with Crippen molar-refractivity contribution in [1.29, 1.82) is 0 Å². The average molecular weight is 315 g/mol. The van der Waals surface area contributed by atoms with Crippen molar-refractivity contribution < 1.29 is 4.52 Å². The fourth-order valence-corrected chi connectivity index (χ4v) is 2.97. The van der Waals surface area contributed by atoms with E-state index in [-0.39, 0.29) is 0 Å². The molecule has 0 atom stereocenters. The van der Waals surface area contributed by atoms with Crippen LogP contribution in [0.1, 0.15) is 30.0 Å². The fraction of sp³-hybridized carbons (Fsp3) is 0.333. The minimum atomic E-state index is 0.580. The molecule has 0 spiro atoms. The van der Waals surface area contributed by atoms with E-state index in [1.54, 1.807) is 11.8 Å². The molecule has 0 aliphatic carbocycles. The van der Waals surface area contributed by atoms with Gasteiger partial charge in [0.25, 0.3) is 0 Å². The predicted molar refractivity (Wildman–Crippen MR) is 84.1 cm³/mol. The molecule has 0 aliphatic rings. The lowest BCUT2D eigenvalue weighted by Gasteiger charge is -2.10. The second-order valence-electron chi connectivity index (χ2n) is 4.90. The SMILES string of the molecule is CCc1noc(CSc2nnc(C)n2-c2ccccc2C)n1. The molecule has 0 amide bonds. The van der Waals surface area contributed by atoms with Crippen LogP contribution in [0.2, 0.25) is 0 Å². The predicted octanol–water partition coefficient (Wildman–Crippen LogP) is 3.12. The molecule has 0 fully saturated rings. The zero-order valence-corrected chi connectivity index (χ0v) is 13.6. The minimum absolute atomic E-state index is 0.580. The van der Waals surface area contributed by atoms with Crippen LogP contribution >= 0.6 is 11.8 Å². The van der Waals surface area contributed by atoms with Gasteiger partial charge in [-0.25, -0.2) is 0 Å². The van der Waals surface area contributed by atoms with E-state index in [0.29, 0.717) is 11.6 Å². The van der Waals surface area contributed by atoms with Gasteiger partial charge < -0.3 is 4.52 Å². The standard InChI is InChI=1S/C15H17N5OS/c1-4-13-16-14(21-19-13)9-22-15-18-17-11(3)20(15)12-8-6-5-7-10(12)2/h5-8H,4,9H2,1-3H3. The first kappa shape index (κ1) is 14.8. The molecule has 0 aliphatic heterocycles. The molecule has 0 radical (unpaired) electrons. The van der Waals surface area contributed by atoms with E-state index >= 15 is 0 Å². The Hall–Kier alpha value is -2.15. The molecular formula is C15H17N5OS. The second-order valence-corrected chi connectivity index (χ2v) is 5.84. The molecular weight excluding hydrogens is 298 g/mol. The Morgan fingerprint density at radius 1 is 1.18 bits per heavy atom. The Balaban J connectivity index is 1.85. The van der Waals surface area contributed by atoms with Crippen LogP contribution < -0.4 is 0 Å². The first-order chi connectivity index (χ1) is 10.7. The Morgan fingerprint density at radius 3 is 2.73 bits per heavy atom. The fourth-order valence-electron chi connectivity index (χ4n) is 2.15. The molecule has 6 nitrogen and oxygen atoms in total. The Labute approximate surface area is 133 Å². The van der Waals surface area contributed by atoms with Crippen molar-refractivity contribution in [2.24, 2.45) is 0 Å². The van der Waals surface area contributed by atoms with Crippen LogP contribution in [0.15, 0.2) is 33.9 Å². The van der Waals surface area contributed by atoms with Gasteiger partial charge in [-0.15, -0.1) is 10.2 Å². The summed E-state index contributed by atoms with van der Waals surface area (Å²) in [6.07, 6.45) is 0.771. The topological polar surface area (TPSA) is 69.6 Å². The van der Waals surface area contributed by atoms with Crippen molar-refractivity contribution in [3.63, 3.8) is 0 Å². The lowest BCUT2D eigenvalue weighted by Crippen LogP contribution is -2.01. The van der Waals surface area contributed by atoms with Gasteiger partial charge in [0.05, 0.1) is 11.4 Å². The monoisotopic (exact) mass is 315 g/mol. The molecule has 3 aromatic rings. The molecule has 0 unspecified atom stereocenters. The molecule has 114 valence electrons. The lowest BCUT2D eigenvalue weighted by atomic mass is 10.2. The third kappa shape index (κ3) is 2.89. The summed E-state index contributed by atoms with van der Waals surface area (Å²) in [6, 6.07) is 8.18. The molecule has 1 aromatic carbocycles. The zero-order valence-electron chi connectivity index (χ0n) is 12.8. The molecule has 0 bridgehead atoms. The largest absolute Gasteiger partial charge is 0.338 e. The highest BCUT2D eigenvalue weighted by Crippen LogP contribution is 2.26. The van der Waals surface area contributed by atoms with Crippen molar-refractivity contribution in [2.45, 2.75) is 38.1 Å². The lowest BCUT2D eigenvalue weighted by molar-refractivity contribution is 0.385. The number of hydrogen-bond donors (Lipinski definition) is 0. The summed E-state index contributed by atoms with van der Waals surface area (Å²) in [6.45, 7) is 6.03. The first-order valence-corrected chi connectivity index (χ1v) is 8.10. The quantitative estimate of drug-likeness (QED) is 0.674. The van der Waals surface area contributed by atoms with Gasteiger partial charge in [-0.1, -0.05) is 42.0 Å². The number of benzene rings is 1. The van der Waals surface area contributed by atoms with Crippen LogP contribution in [0.5, 0.6) is 0 Å². The van der Waals surface area contributed by atoms with Crippen molar-refractivity contribution in [2.75, 3.05) is 0 Å². The van der Waals surface area contributed by atoms with Crippen molar-refractivity contribution in [1.82, 2.24) is 24.9 Å². The summed E-state index contributed by atoms with van der Waals surface area (Å²) in [5.41, 5.74) is 2.27. The van der Waals surface area contributed by atoms with E-state index in [2.05, 4.69) is 44.0 Å². The highest BCUT2D eigenvalue weighted by molar-refractivity contribution is 7.98. The summed E-state index contributed by atoms with van der Waals surface area (Å²) in [4.78, 5) is 4.31. The van der Waals surface area contributed by atoms with E-state index in [1.165, 1.54) is 5.56 Å². The van der Waals surface area contributed by atoms with Gasteiger partial charge in [0, 0.05) is 6.42 Å². The molecule has 2 heterocycles. The Bertz CT molecular complexity index is 780. The molecule has 0 saturated carbocycles. The summed E-state index contributed by atoms with van der Waals surface area (Å²) in [5.74, 6) is 2.78. The van der Waals surface area contributed by atoms with Gasteiger partial charge in [0.15, 0.2) is 11.0 Å². The maximum Gasteiger partial charge on any atom is 0.237 e. The number of aryl methyl sites for hydroxylation is 3. The van der Waals surface area contributed by atoms with E-state index in [4.69, 9.17) is 4.52 Å². The van der Waals surface area contributed by atoms with Crippen LogP contribution in [0.4, 0.5) is 0 Å². The van der Waals surface area contributed by atoms with Gasteiger partial charge in [0.1, 0.15) is 5.82 Å². The average Bonchev–Trinajstić information content (AvgIpc) is 3.12. The molecule has 0 saturated heterocycles. The highest BCUT2D eigenvalue weighted by Gasteiger charge is 2.14. The number of rotatable bonds is 5. The number of hydrogen-bond acceptors (Lipinski definition) is 6. The Morgan fingerprint density at radius 2 is 2.00 bits per heavy atom. The van der Waals surface area contributed by atoms with Crippen molar-refractivity contribution >= 4 is 11.8 Å². The normalized spacial score (nSPS) is 11.0. The van der Waals surface area contributed by atoms with Gasteiger partial charge in [-0.05, 0) is 25.5 Å². The third-order valence-corrected chi connectivity index (χ3v) is 4.22. The van der Waals surface area contributed by atoms with Crippen LogP contribution in [-0.2, 0) is 12.2 Å². The number of nitrogens with zero attached hydrogens (tertiary/aromatic N) is 5. The summed E-state index contributed by atoms with van der Waals surface area (Å²) in [5, 5.41) is 13.2. The van der Waals surface area contributed by atoms with Gasteiger partial charge in [-0.3, -0.25) is 4.57 Å². The number of aromatic nitrogens is 5. The van der Waals surface area contributed by atoms with Crippen LogP contribution in [0.3, 0.4) is 0 Å². The van der Waals surface area contributed by atoms with Crippen LogP contribution in [-0.4, -0.2) is 24.9 Å². The third-order valence-electron chi connectivity index (χ3n) is 3.30. The molecule has 22 heavy (non-hydrogen) atoms. The van der Waals surface area contributed by atoms with Crippen LogP contribution in [0.25, 0.3) is 5.69 Å².